The van der Waals surface area contributed by atoms with Gasteiger partial charge in [-0.3, -0.25) is 4.79 Å². The third-order valence-electron chi connectivity index (χ3n) is 6.27. The fourth-order valence-corrected chi connectivity index (χ4v) is 5.96. The molecule has 0 spiro atoms. The van der Waals surface area contributed by atoms with E-state index >= 15 is 0 Å². The zero-order valence-electron chi connectivity index (χ0n) is 20.4. The lowest BCUT2D eigenvalue weighted by atomic mass is 9.83. The number of nitrogen functional groups attached to an aromatic ring is 1. The molecule has 2 aromatic carbocycles. The summed E-state index contributed by atoms with van der Waals surface area (Å²) in [7, 11) is -4.06. The fraction of sp³-hybridized carbons (Fsp3) is 0.458. The van der Waals surface area contributed by atoms with Crippen LogP contribution in [-0.2, 0) is 26.2 Å². The third-order valence-corrected chi connectivity index (χ3v) is 8.99. The molecule has 2 aromatic rings. The maximum Gasteiger partial charge on any atom is 0.255 e. The van der Waals surface area contributed by atoms with E-state index in [-0.39, 0.29) is 39.4 Å². The number of anilines is 2. The number of halogens is 3. The Bertz CT molecular complexity index is 1210. The number of hydrogen-bond acceptors (Lipinski definition) is 5. The number of carbonyl (C=O) groups excluding carboxylic acids is 1. The van der Waals surface area contributed by atoms with Gasteiger partial charge in [-0.05, 0) is 36.5 Å². The molecule has 0 radical (unpaired) electrons. The maximum absolute atomic E-state index is 13.4. The average molecular weight is 547 g/mol. The summed E-state index contributed by atoms with van der Waals surface area (Å²) >= 11 is 0.867. The average Bonchev–Trinajstić information content (AvgIpc) is 2.74. The molecule has 1 atom stereocenters. The Morgan fingerprint density at radius 2 is 1.78 bits per heavy atom. The Morgan fingerprint density at radius 3 is 2.36 bits per heavy atom. The zero-order valence-corrected chi connectivity index (χ0v) is 22.2. The highest BCUT2D eigenvalue weighted by Gasteiger charge is 2.37. The quantitative estimate of drug-likeness (QED) is 0.189. The van der Waals surface area contributed by atoms with E-state index in [4.69, 9.17) is 9.92 Å². The molecule has 0 heterocycles. The lowest BCUT2D eigenvalue weighted by Gasteiger charge is -2.32. The van der Waals surface area contributed by atoms with Gasteiger partial charge in [0.1, 0.15) is 28.8 Å². The molecule has 198 valence electrons. The molecule has 0 aromatic heterocycles. The van der Waals surface area contributed by atoms with Crippen molar-refractivity contribution in [2.24, 2.45) is 11.3 Å². The van der Waals surface area contributed by atoms with Gasteiger partial charge in [0.05, 0.1) is 5.69 Å². The Labute approximate surface area is 213 Å². The molecule has 4 N–H and O–H groups in total. The standard InChI is InChI=1S/C24H30F3N3O4S2/c1-13(24(2,3)4)12-35-34-17-8-16(9-17)30-36(32,33)21-7-14(5-6-20(21)28)23(31)29-15-10-18(25)22(27)19(26)11-15/h5-7,10-11,13,16-17,30H,8-9,12,28H2,1-4H3,(H,29,31)/p+1/t13-,16?,17?/m1/s1. The Morgan fingerprint density at radius 1 is 1.17 bits per heavy atom. The second-order valence-electron chi connectivity index (χ2n) is 10.1. The monoisotopic (exact) mass is 546 g/mol. The van der Waals surface area contributed by atoms with Gasteiger partial charge >= 0.3 is 0 Å². The van der Waals surface area contributed by atoms with Crippen molar-refractivity contribution < 1.29 is 30.6 Å². The molecule has 7 nitrogen and oxygen atoms in total. The maximum atomic E-state index is 13.4. The van der Waals surface area contributed by atoms with Crippen LogP contribution in [0.25, 0.3) is 0 Å². The normalized spacial score (nSPS) is 19.0. The van der Waals surface area contributed by atoms with Crippen molar-refractivity contribution in [3.63, 3.8) is 0 Å². The number of amides is 1. The summed E-state index contributed by atoms with van der Waals surface area (Å²) in [5.74, 6) is -4.09. The van der Waals surface area contributed by atoms with Crippen LogP contribution in [0.1, 0.15) is 50.9 Å². The fourth-order valence-electron chi connectivity index (χ4n) is 3.30. The van der Waals surface area contributed by atoms with Crippen LogP contribution < -0.4 is 15.8 Å². The first-order valence-electron chi connectivity index (χ1n) is 11.4. The minimum absolute atomic E-state index is 0.0440. The van der Waals surface area contributed by atoms with Crippen LogP contribution in [0.4, 0.5) is 24.5 Å². The molecule has 1 aliphatic rings. The van der Waals surface area contributed by atoms with Crippen molar-refractivity contribution in [3.8, 4) is 0 Å². The molecule has 1 amide bonds. The first-order valence-corrected chi connectivity index (χ1v) is 13.9. The summed E-state index contributed by atoms with van der Waals surface area (Å²) in [6.07, 6.45) is 0.980. The summed E-state index contributed by atoms with van der Waals surface area (Å²) in [5, 5.41) is 2.21. The molecule has 1 saturated carbocycles. The van der Waals surface area contributed by atoms with Gasteiger partial charge < -0.3 is 11.1 Å². The van der Waals surface area contributed by atoms with E-state index in [0.717, 1.165) is 23.9 Å². The summed E-state index contributed by atoms with van der Waals surface area (Å²) in [6.45, 7) is 8.69. The minimum Gasteiger partial charge on any atom is -0.398 e. The smallest absolute Gasteiger partial charge is 0.255 e. The van der Waals surface area contributed by atoms with E-state index in [1.807, 2.05) is 0 Å². The van der Waals surface area contributed by atoms with Crippen molar-refractivity contribution in [2.45, 2.75) is 57.6 Å². The van der Waals surface area contributed by atoms with Gasteiger partial charge in [0.2, 0.25) is 10.0 Å². The van der Waals surface area contributed by atoms with Crippen LogP contribution in [0.5, 0.6) is 0 Å². The van der Waals surface area contributed by atoms with Crippen LogP contribution in [-0.4, -0.2) is 32.2 Å². The van der Waals surface area contributed by atoms with Gasteiger partial charge in [-0.15, -0.1) is 0 Å². The van der Waals surface area contributed by atoms with Crippen molar-refractivity contribution in [1.29, 1.82) is 0 Å². The number of benzene rings is 2. The number of rotatable bonds is 9. The number of nitrogens with one attached hydrogen (secondary N) is 2. The van der Waals surface area contributed by atoms with E-state index in [2.05, 4.69) is 37.7 Å². The topological polar surface area (TPSA) is 111 Å². The second kappa shape index (κ2) is 11.0. The SMILES string of the molecule is C[C@H](C[SH+]OC1CC(NS(=O)(=O)c2cc(C(=O)Nc3cc(F)c(F)c(F)c3)ccc2N)C1)C(C)(C)C. The molecule has 0 bridgehead atoms. The van der Waals surface area contributed by atoms with Gasteiger partial charge in [0.25, 0.3) is 5.91 Å². The van der Waals surface area contributed by atoms with Gasteiger partial charge in [-0.2, -0.15) is 4.18 Å². The number of carbonyl (C=O) groups is 1. The van der Waals surface area contributed by atoms with Gasteiger partial charge in [-0.25, -0.2) is 26.3 Å². The number of thiol groups is 1. The molecular formula is C24H31F3N3O4S2+. The molecule has 12 heteroatoms. The molecule has 0 aliphatic heterocycles. The Balaban J connectivity index is 1.60. The Kier molecular flexibility index (Phi) is 8.64. The lowest BCUT2D eigenvalue weighted by molar-refractivity contribution is 0.102. The van der Waals surface area contributed by atoms with Gasteiger partial charge in [0.15, 0.2) is 17.5 Å². The first-order chi connectivity index (χ1) is 16.7. The molecular weight excluding hydrogens is 515 g/mol. The van der Waals surface area contributed by atoms with E-state index in [1.165, 1.54) is 12.1 Å². The number of hydrogen-bond donors (Lipinski definition) is 3. The van der Waals surface area contributed by atoms with Crippen molar-refractivity contribution >= 4 is 39.3 Å². The molecule has 0 saturated heterocycles. The largest absolute Gasteiger partial charge is 0.398 e. The highest BCUT2D eigenvalue weighted by molar-refractivity contribution is 7.89. The third kappa shape index (κ3) is 6.93. The summed E-state index contributed by atoms with van der Waals surface area (Å²) in [6, 6.07) is 4.48. The van der Waals surface area contributed by atoms with E-state index in [9.17, 15) is 26.4 Å². The van der Waals surface area contributed by atoms with Gasteiger partial charge in [-0.1, -0.05) is 27.7 Å². The highest BCUT2D eigenvalue weighted by Crippen LogP contribution is 2.29. The zero-order chi connectivity index (χ0) is 26.8. The van der Waals surface area contributed by atoms with Crippen LogP contribution in [0, 0.1) is 28.8 Å². The second-order valence-corrected chi connectivity index (χ2v) is 12.6. The van der Waals surface area contributed by atoms with Crippen LogP contribution in [0.2, 0.25) is 0 Å². The predicted octanol–water partition coefficient (Wildman–Crippen LogP) is 4.18. The Hall–Kier alpha value is -2.28. The minimum atomic E-state index is -4.06. The summed E-state index contributed by atoms with van der Waals surface area (Å²) < 4.78 is 74.3. The molecule has 36 heavy (non-hydrogen) atoms. The number of sulfonamides is 1. The molecule has 1 fully saturated rings. The summed E-state index contributed by atoms with van der Waals surface area (Å²) in [5.41, 5.74) is 5.53. The molecule has 1 aliphatic carbocycles. The van der Waals surface area contributed by atoms with E-state index in [0.29, 0.717) is 30.9 Å². The van der Waals surface area contributed by atoms with Crippen molar-refractivity contribution in [1.82, 2.24) is 4.72 Å². The van der Waals surface area contributed by atoms with E-state index < -0.39 is 33.4 Å². The van der Waals surface area contributed by atoms with Gasteiger partial charge in [0, 0.05) is 35.3 Å². The first kappa shape index (κ1) is 28.3. The van der Waals surface area contributed by atoms with Crippen LogP contribution in [0.15, 0.2) is 35.2 Å². The molecule has 3 rings (SSSR count). The highest BCUT2D eigenvalue weighted by atomic mass is 32.2. The van der Waals surface area contributed by atoms with Crippen molar-refractivity contribution in [2.75, 3.05) is 16.8 Å². The van der Waals surface area contributed by atoms with Crippen LogP contribution >= 0.6 is 0 Å². The number of nitrogens with two attached hydrogens (primary N) is 1. The predicted molar refractivity (Wildman–Crippen MR) is 136 cm³/mol. The molecule has 0 unspecified atom stereocenters. The lowest BCUT2D eigenvalue weighted by Crippen LogP contribution is -2.47. The summed E-state index contributed by atoms with van der Waals surface area (Å²) in [4.78, 5) is 12.2. The van der Waals surface area contributed by atoms with E-state index in [1.54, 1.807) is 0 Å². The van der Waals surface area contributed by atoms with Crippen LogP contribution in [0.3, 0.4) is 0 Å². The van der Waals surface area contributed by atoms with Crippen molar-refractivity contribution in [3.05, 3.63) is 53.3 Å².